The van der Waals surface area contributed by atoms with Crippen molar-refractivity contribution in [2.75, 3.05) is 25.6 Å². The smallest absolute Gasteiger partial charge is 0.255 e. The minimum Gasteiger partial charge on any atom is -0.497 e. The van der Waals surface area contributed by atoms with Crippen molar-refractivity contribution < 1.29 is 28.3 Å². The number of anilines is 1. The molecule has 2 amide bonds. The van der Waals surface area contributed by atoms with Crippen LogP contribution in [0.1, 0.15) is 41.3 Å². The molecule has 2 N–H and O–H groups in total. The van der Waals surface area contributed by atoms with E-state index in [1.807, 2.05) is 61.5 Å². The number of aliphatic hydroxyl groups is 1. The molecule has 1 aliphatic rings. The van der Waals surface area contributed by atoms with Crippen LogP contribution in [-0.4, -0.2) is 62.7 Å². The predicted molar refractivity (Wildman–Crippen MR) is 169 cm³/mol. The Morgan fingerprint density at radius 1 is 0.977 bits per heavy atom. The van der Waals surface area contributed by atoms with Crippen LogP contribution in [0.15, 0.2) is 78.9 Å². The third kappa shape index (κ3) is 8.75. The molecule has 1 fully saturated rings. The molecular formula is C34H43FN2O5Si. The number of aliphatic hydroxyl groups excluding tert-OH is 1. The number of aryl methyl sites for hydroxylation is 1. The van der Waals surface area contributed by atoms with Gasteiger partial charge in [0, 0.05) is 29.9 Å². The van der Waals surface area contributed by atoms with Gasteiger partial charge in [-0.1, -0.05) is 49.4 Å². The lowest BCUT2D eigenvalue weighted by molar-refractivity contribution is -0.135. The van der Waals surface area contributed by atoms with Crippen molar-refractivity contribution in [3.05, 3.63) is 95.6 Å². The number of nitrogens with zero attached hydrogens (tertiary/aromatic N) is 1. The number of ether oxygens (including phenoxy) is 2. The number of amides is 2. The first-order valence-corrected chi connectivity index (χ1v) is 17.9. The summed E-state index contributed by atoms with van der Waals surface area (Å²) >= 11 is 0. The Labute approximate surface area is 255 Å². The fourth-order valence-electron chi connectivity index (χ4n) is 6.10. The highest BCUT2D eigenvalue weighted by atomic mass is 28.4. The van der Waals surface area contributed by atoms with E-state index in [1.54, 1.807) is 49.4 Å². The van der Waals surface area contributed by atoms with Crippen molar-refractivity contribution in [3.8, 4) is 5.75 Å². The predicted octanol–water partition coefficient (Wildman–Crippen LogP) is 6.24. The van der Waals surface area contributed by atoms with Crippen molar-refractivity contribution in [3.63, 3.8) is 0 Å². The van der Waals surface area contributed by atoms with Crippen LogP contribution in [-0.2, 0) is 22.5 Å². The zero-order chi connectivity index (χ0) is 31.0. The molecule has 0 spiro atoms. The van der Waals surface area contributed by atoms with Crippen molar-refractivity contribution >= 4 is 25.9 Å². The topological polar surface area (TPSA) is 88.1 Å². The first kappa shape index (κ1) is 32.4. The van der Waals surface area contributed by atoms with E-state index in [4.69, 9.17) is 9.47 Å². The van der Waals surface area contributed by atoms with E-state index < -0.39 is 14.5 Å². The Morgan fingerprint density at radius 2 is 1.65 bits per heavy atom. The highest BCUT2D eigenvalue weighted by Crippen LogP contribution is 2.47. The number of carbonyl (C=O) groups is 2. The fraction of sp³-hybridized carbons (Fsp3) is 0.412. The molecule has 0 aromatic heterocycles. The number of carbonyl (C=O) groups excluding carboxylic acids is 2. The van der Waals surface area contributed by atoms with E-state index in [9.17, 15) is 14.7 Å². The molecule has 0 saturated carbocycles. The Kier molecular flexibility index (Phi) is 11.1. The molecule has 3 aromatic rings. The normalized spacial score (nSPS) is 20.0. The van der Waals surface area contributed by atoms with Gasteiger partial charge in [0.15, 0.2) is 0 Å². The molecule has 0 radical (unpaired) electrons. The second-order valence-electron chi connectivity index (χ2n) is 11.8. The zero-order valence-electron chi connectivity index (χ0n) is 25.5. The van der Waals surface area contributed by atoms with Gasteiger partial charge in [-0.2, -0.15) is 0 Å². The van der Waals surface area contributed by atoms with Crippen LogP contribution in [0.3, 0.4) is 0 Å². The third-order valence-electron chi connectivity index (χ3n) is 8.29. The van der Waals surface area contributed by atoms with Crippen LogP contribution in [0.4, 0.5) is 9.80 Å². The van der Waals surface area contributed by atoms with E-state index in [-0.39, 0.29) is 48.9 Å². The Bertz CT molecular complexity index is 1330. The Hall–Kier alpha value is -3.53. The zero-order valence-corrected chi connectivity index (χ0v) is 26.5. The van der Waals surface area contributed by atoms with Crippen LogP contribution in [0.2, 0.25) is 18.6 Å². The number of rotatable bonds is 13. The minimum absolute atomic E-state index is 0.0204. The molecule has 9 heteroatoms. The highest BCUT2D eigenvalue weighted by Gasteiger charge is 2.51. The van der Waals surface area contributed by atoms with Crippen LogP contribution < -0.4 is 10.1 Å². The second kappa shape index (κ2) is 14.8. The van der Waals surface area contributed by atoms with Gasteiger partial charge >= 0.3 is 0 Å². The monoisotopic (exact) mass is 606 g/mol. The molecule has 3 aromatic carbocycles. The van der Waals surface area contributed by atoms with Gasteiger partial charge in [-0.25, -0.2) is 0 Å². The van der Waals surface area contributed by atoms with Crippen LogP contribution in [0, 0.1) is 5.92 Å². The number of halogens is 1. The van der Waals surface area contributed by atoms with E-state index >= 15 is 4.11 Å². The van der Waals surface area contributed by atoms with Gasteiger partial charge < -0.3 is 28.9 Å². The van der Waals surface area contributed by atoms with Gasteiger partial charge in [0.25, 0.3) is 5.91 Å². The molecule has 7 nitrogen and oxygen atoms in total. The maximum Gasteiger partial charge on any atom is 0.255 e. The summed E-state index contributed by atoms with van der Waals surface area (Å²) in [5.74, 6) is 0.337. The lowest BCUT2D eigenvalue weighted by Crippen LogP contribution is -2.40. The highest BCUT2D eigenvalue weighted by molar-refractivity contribution is 6.72. The molecule has 0 unspecified atom stereocenters. The van der Waals surface area contributed by atoms with E-state index in [2.05, 4.69) is 5.32 Å². The first-order valence-electron chi connectivity index (χ1n) is 14.9. The van der Waals surface area contributed by atoms with Crippen molar-refractivity contribution in [2.45, 2.75) is 63.6 Å². The molecule has 4 atom stereocenters. The molecular weight excluding hydrogens is 563 g/mol. The summed E-state index contributed by atoms with van der Waals surface area (Å²) in [6, 6.07) is 24.3. The average Bonchev–Trinajstić information content (AvgIpc) is 3.31. The second-order valence-corrected chi connectivity index (χ2v) is 15.6. The SMILES string of the molecule is COc1ccc(C(=O)Nc2ccc(CC[C@H]3O[C@@H](CC(=O)N(CCO)Cc4ccccc4)[C@H]([Si](C)(C)F)[C@H]3C)cc2)cc1. The number of methoxy groups -OCH3 is 1. The van der Waals surface area contributed by atoms with E-state index in [0.29, 0.717) is 30.0 Å². The summed E-state index contributed by atoms with van der Waals surface area (Å²) in [6.07, 6.45) is 0.871. The van der Waals surface area contributed by atoms with Crippen molar-refractivity contribution in [1.29, 1.82) is 0 Å². The maximum absolute atomic E-state index is 15.6. The molecule has 1 aliphatic heterocycles. The largest absolute Gasteiger partial charge is 0.497 e. The quantitative estimate of drug-likeness (QED) is 0.178. The number of benzene rings is 3. The molecule has 230 valence electrons. The van der Waals surface area contributed by atoms with E-state index in [0.717, 1.165) is 17.5 Å². The summed E-state index contributed by atoms with van der Waals surface area (Å²) in [6.45, 7) is 5.92. The Balaban J connectivity index is 1.36. The Morgan fingerprint density at radius 3 is 2.26 bits per heavy atom. The minimum atomic E-state index is -3.14. The third-order valence-corrected chi connectivity index (χ3v) is 10.8. The van der Waals surface area contributed by atoms with Gasteiger partial charge in [-0.3, -0.25) is 9.59 Å². The molecule has 0 bridgehead atoms. The molecule has 1 heterocycles. The van der Waals surface area contributed by atoms with E-state index in [1.165, 1.54) is 0 Å². The van der Waals surface area contributed by atoms with Crippen molar-refractivity contribution in [1.82, 2.24) is 4.90 Å². The van der Waals surface area contributed by atoms with Crippen LogP contribution >= 0.6 is 0 Å². The lowest BCUT2D eigenvalue weighted by Gasteiger charge is -2.30. The molecule has 1 saturated heterocycles. The molecule has 4 rings (SSSR count). The lowest BCUT2D eigenvalue weighted by atomic mass is 9.95. The standard InChI is InChI=1S/C34H43FN2O5Si/c1-24-30(19-12-25-10-15-28(16-11-25)36-34(40)27-13-17-29(41-2)18-14-27)42-31(33(24)43(3,4)35)22-32(39)37(20-21-38)23-26-8-6-5-7-9-26/h5-11,13-18,24,30-31,33,38H,12,19-23H2,1-4H3,(H,36,40)/t24-,30+,31-,33+/m0/s1. The van der Waals surface area contributed by atoms with Crippen molar-refractivity contribution in [2.24, 2.45) is 5.92 Å². The van der Waals surface area contributed by atoms with Gasteiger partial charge in [0.1, 0.15) is 5.75 Å². The van der Waals surface area contributed by atoms with Crippen LogP contribution in [0.5, 0.6) is 5.75 Å². The number of hydrogen-bond acceptors (Lipinski definition) is 5. The summed E-state index contributed by atoms with van der Waals surface area (Å²) in [5, 5.41) is 12.5. The molecule has 43 heavy (non-hydrogen) atoms. The summed E-state index contributed by atoms with van der Waals surface area (Å²) < 4.78 is 27.2. The van der Waals surface area contributed by atoms with Crippen LogP contribution in [0.25, 0.3) is 0 Å². The summed E-state index contributed by atoms with van der Waals surface area (Å²) in [7, 11) is -1.56. The van der Waals surface area contributed by atoms with Gasteiger partial charge in [0.2, 0.25) is 14.3 Å². The first-order chi connectivity index (χ1) is 20.6. The number of nitrogens with one attached hydrogen (secondary N) is 1. The number of hydrogen-bond donors (Lipinski definition) is 2. The van der Waals surface area contributed by atoms with Gasteiger partial charge in [0.05, 0.1) is 32.3 Å². The summed E-state index contributed by atoms with van der Waals surface area (Å²) in [4.78, 5) is 27.6. The fourth-order valence-corrected chi connectivity index (χ4v) is 8.65. The van der Waals surface area contributed by atoms with Gasteiger partial charge in [-0.15, -0.1) is 0 Å². The molecule has 0 aliphatic carbocycles. The average molecular weight is 607 g/mol. The maximum atomic E-state index is 15.6. The van der Waals surface area contributed by atoms with Gasteiger partial charge in [-0.05, 0) is 79.4 Å². The summed E-state index contributed by atoms with van der Waals surface area (Å²) in [5.41, 5.74) is 3.00.